The minimum absolute atomic E-state index is 0.196. The van der Waals surface area contributed by atoms with Crippen molar-refractivity contribution in [3.05, 3.63) is 29.3 Å². The van der Waals surface area contributed by atoms with E-state index in [4.69, 9.17) is 9.84 Å². The van der Waals surface area contributed by atoms with Crippen LogP contribution in [-0.2, 0) is 4.74 Å². The van der Waals surface area contributed by atoms with Crippen molar-refractivity contribution in [1.82, 2.24) is 4.90 Å². The molecule has 0 atom stereocenters. The first-order chi connectivity index (χ1) is 9.58. The quantitative estimate of drug-likeness (QED) is 0.866. The number of aryl methyl sites for hydroxylation is 1. The van der Waals surface area contributed by atoms with Gasteiger partial charge in [-0.25, -0.2) is 9.59 Å². The lowest BCUT2D eigenvalue weighted by Gasteiger charge is -2.20. The molecule has 1 aliphatic rings. The summed E-state index contributed by atoms with van der Waals surface area (Å²) in [5.41, 5.74) is 1.35. The molecule has 1 aromatic carbocycles. The Morgan fingerprint density at radius 3 is 2.85 bits per heavy atom. The van der Waals surface area contributed by atoms with Gasteiger partial charge in [-0.05, 0) is 31.0 Å². The molecule has 6 nitrogen and oxygen atoms in total. The number of nitrogens with zero attached hydrogens (tertiary/aromatic N) is 1. The summed E-state index contributed by atoms with van der Waals surface area (Å²) in [6.45, 7) is 4.10. The van der Waals surface area contributed by atoms with E-state index >= 15 is 0 Å². The Hall–Kier alpha value is -2.08. The first-order valence-corrected chi connectivity index (χ1v) is 6.55. The number of carboxylic acid groups (broad SMARTS) is 1. The van der Waals surface area contributed by atoms with Crippen LogP contribution in [0.1, 0.15) is 22.3 Å². The van der Waals surface area contributed by atoms with Crippen molar-refractivity contribution in [2.24, 2.45) is 0 Å². The summed E-state index contributed by atoms with van der Waals surface area (Å²) in [6, 6.07) is 4.64. The molecule has 2 rings (SSSR count). The SMILES string of the molecule is Cc1ccc(NC(=O)N2CCCOCC2)cc1C(=O)O. The number of benzene rings is 1. The number of hydrogen-bond donors (Lipinski definition) is 2. The van der Waals surface area contributed by atoms with Gasteiger partial charge in [0.2, 0.25) is 0 Å². The van der Waals surface area contributed by atoms with E-state index in [1.165, 1.54) is 6.07 Å². The summed E-state index contributed by atoms with van der Waals surface area (Å²) in [4.78, 5) is 24.8. The molecule has 2 N–H and O–H groups in total. The van der Waals surface area contributed by atoms with Crippen LogP contribution in [-0.4, -0.2) is 48.3 Å². The molecular weight excluding hydrogens is 260 g/mol. The molecule has 0 saturated carbocycles. The van der Waals surface area contributed by atoms with Gasteiger partial charge < -0.3 is 20.1 Å². The molecule has 20 heavy (non-hydrogen) atoms. The first kappa shape index (κ1) is 14.3. The van der Waals surface area contributed by atoms with Crippen molar-refractivity contribution in [3.63, 3.8) is 0 Å². The summed E-state index contributed by atoms with van der Waals surface area (Å²) in [6.07, 6.45) is 0.807. The first-order valence-electron chi connectivity index (χ1n) is 6.55. The molecule has 6 heteroatoms. The molecular formula is C14H18N2O4. The van der Waals surface area contributed by atoms with Gasteiger partial charge in [0.1, 0.15) is 0 Å². The number of carboxylic acids is 1. The fourth-order valence-electron chi connectivity index (χ4n) is 2.08. The maximum atomic E-state index is 12.1. The zero-order valence-electron chi connectivity index (χ0n) is 11.4. The minimum atomic E-state index is -0.998. The number of hydrogen-bond acceptors (Lipinski definition) is 3. The van der Waals surface area contributed by atoms with Gasteiger partial charge in [0.05, 0.1) is 12.2 Å². The Kier molecular flexibility index (Phi) is 4.57. The van der Waals surface area contributed by atoms with Crippen LogP contribution >= 0.6 is 0 Å². The zero-order valence-corrected chi connectivity index (χ0v) is 11.4. The van der Waals surface area contributed by atoms with Crippen molar-refractivity contribution >= 4 is 17.7 Å². The highest BCUT2D eigenvalue weighted by Gasteiger charge is 2.16. The van der Waals surface area contributed by atoms with Crippen molar-refractivity contribution in [1.29, 1.82) is 0 Å². The van der Waals surface area contributed by atoms with E-state index in [1.54, 1.807) is 24.0 Å². The van der Waals surface area contributed by atoms with Gasteiger partial charge >= 0.3 is 12.0 Å². The van der Waals surface area contributed by atoms with Crippen LogP contribution in [0.3, 0.4) is 0 Å². The van der Waals surface area contributed by atoms with Crippen LogP contribution in [0, 0.1) is 6.92 Å². The van der Waals surface area contributed by atoms with E-state index in [1.807, 2.05) is 0 Å². The van der Waals surface area contributed by atoms with E-state index in [0.717, 1.165) is 6.42 Å². The highest BCUT2D eigenvalue weighted by molar-refractivity contribution is 5.94. The Labute approximate surface area is 117 Å². The standard InChI is InChI=1S/C14H18N2O4/c1-10-3-4-11(9-12(10)13(17)18)15-14(19)16-5-2-7-20-8-6-16/h3-4,9H,2,5-8H2,1H3,(H,15,19)(H,17,18). The number of amides is 2. The molecule has 1 fully saturated rings. The van der Waals surface area contributed by atoms with Crippen LogP contribution in [0.25, 0.3) is 0 Å². The third-order valence-corrected chi connectivity index (χ3v) is 3.23. The molecule has 0 aromatic heterocycles. The van der Waals surface area contributed by atoms with Gasteiger partial charge in [-0.3, -0.25) is 0 Å². The number of carbonyl (C=O) groups excluding carboxylic acids is 1. The second-order valence-corrected chi connectivity index (χ2v) is 4.72. The van der Waals surface area contributed by atoms with Crippen LogP contribution in [0.15, 0.2) is 18.2 Å². The Balaban J connectivity index is 2.07. The lowest BCUT2D eigenvalue weighted by atomic mass is 10.1. The van der Waals surface area contributed by atoms with Gasteiger partial charge in [0.25, 0.3) is 0 Å². The Morgan fingerprint density at radius 2 is 2.10 bits per heavy atom. The number of carbonyl (C=O) groups is 2. The number of aromatic carboxylic acids is 1. The summed E-state index contributed by atoms with van der Waals surface area (Å²) in [5, 5.41) is 11.8. The molecule has 1 saturated heterocycles. The second-order valence-electron chi connectivity index (χ2n) is 4.72. The van der Waals surface area contributed by atoms with Gasteiger partial charge in [-0.15, -0.1) is 0 Å². The lowest BCUT2D eigenvalue weighted by molar-refractivity contribution is 0.0696. The number of nitrogens with one attached hydrogen (secondary N) is 1. The summed E-state index contributed by atoms with van der Waals surface area (Å²) in [5.74, 6) is -0.998. The Bertz CT molecular complexity index is 508. The summed E-state index contributed by atoms with van der Waals surface area (Å²) < 4.78 is 5.29. The number of urea groups is 1. The van der Waals surface area contributed by atoms with Gasteiger partial charge in [0.15, 0.2) is 0 Å². The molecule has 1 aliphatic heterocycles. The average molecular weight is 278 g/mol. The monoisotopic (exact) mass is 278 g/mol. The lowest BCUT2D eigenvalue weighted by Crippen LogP contribution is -2.36. The third kappa shape index (κ3) is 3.48. The molecule has 0 unspecified atom stereocenters. The summed E-state index contributed by atoms with van der Waals surface area (Å²) >= 11 is 0. The maximum absolute atomic E-state index is 12.1. The normalized spacial score (nSPS) is 15.6. The van der Waals surface area contributed by atoms with Crippen molar-refractivity contribution in [2.45, 2.75) is 13.3 Å². The van der Waals surface area contributed by atoms with E-state index in [0.29, 0.717) is 37.6 Å². The molecule has 2 amide bonds. The topological polar surface area (TPSA) is 78.9 Å². The van der Waals surface area contributed by atoms with Gasteiger partial charge in [-0.2, -0.15) is 0 Å². The number of anilines is 1. The van der Waals surface area contributed by atoms with E-state index < -0.39 is 5.97 Å². The second kappa shape index (κ2) is 6.38. The molecule has 108 valence electrons. The molecule has 0 bridgehead atoms. The summed E-state index contributed by atoms with van der Waals surface area (Å²) in [7, 11) is 0. The van der Waals surface area contributed by atoms with Crippen LogP contribution in [0.4, 0.5) is 10.5 Å². The molecule has 0 spiro atoms. The average Bonchev–Trinajstić information content (AvgIpc) is 2.69. The predicted octanol–water partition coefficient (Wildman–Crippen LogP) is 1.95. The largest absolute Gasteiger partial charge is 0.478 e. The van der Waals surface area contributed by atoms with Gasteiger partial charge in [0, 0.05) is 25.4 Å². The zero-order chi connectivity index (χ0) is 14.5. The maximum Gasteiger partial charge on any atom is 0.336 e. The van der Waals surface area contributed by atoms with Crippen molar-refractivity contribution in [3.8, 4) is 0 Å². The third-order valence-electron chi connectivity index (χ3n) is 3.23. The van der Waals surface area contributed by atoms with Crippen LogP contribution < -0.4 is 5.32 Å². The van der Waals surface area contributed by atoms with E-state index in [-0.39, 0.29) is 11.6 Å². The number of rotatable bonds is 2. The fraction of sp³-hybridized carbons (Fsp3) is 0.429. The van der Waals surface area contributed by atoms with Crippen molar-refractivity contribution < 1.29 is 19.4 Å². The van der Waals surface area contributed by atoms with E-state index in [9.17, 15) is 9.59 Å². The van der Waals surface area contributed by atoms with Crippen LogP contribution in [0.2, 0.25) is 0 Å². The van der Waals surface area contributed by atoms with Gasteiger partial charge in [-0.1, -0.05) is 6.07 Å². The highest BCUT2D eigenvalue weighted by atomic mass is 16.5. The molecule has 1 heterocycles. The smallest absolute Gasteiger partial charge is 0.336 e. The van der Waals surface area contributed by atoms with Crippen LogP contribution in [0.5, 0.6) is 0 Å². The number of ether oxygens (including phenoxy) is 1. The highest BCUT2D eigenvalue weighted by Crippen LogP contribution is 2.16. The minimum Gasteiger partial charge on any atom is -0.478 e. The predicted molar refractivity (Wildman–Crippen MR) is 74.2 cm³/mol. The fourth-order valence-corrected chi connectivity index (χ4v) is 2.08. The molecule has 1 aromatic rings. The molecule has 0 radical (unpaired) electrons. The van der Waals surface area contributed by atoms with E-state index in [2.05, 4.69) is 5.32 Å². The Morgan fingerprint density at radius 1 is 1.30 bits per heavy atom. The molecule has 0 aliphatic carbocycles. The van der Waals surface area contributed by atoms with Crippen molar-refractivity contribution in [2.75, 3.05) is 31.6 Å².